The molecule has 0 aliphatic carbocycles. The maximum atomic E-state index is 15.2. The largest absolute Gasteiger partial charge is 0.490 e. The van der Waals surface area contributed by atoms with Gasteiger partial charge in [0.2, 0.25) is 17.6 Å². The van der Waals surface area contributed by atoms with E-state index in [4.69, 9.17) is 9.47 Å². The minimum Gasteiger partial charge on any atom is -0.490 e. The van der Waals surface area contributed by atoms with E-state index < -0.39 is 11.6 Å². The second kappa shape index (κ2) is 10.4. The molecular formula is C24H27F2N3O4. The average molecular weight is 459 g/mol. The van der Waals surface area contributed by atoms with Gasteiger partial charge in [-0.3, -0.25) is 9.59 Å². The van der Waals surface area contributed by atoms with Crippen LogP contribution in [-0.4, -0.2) is 36.8 Å². The number of hydrazone groups is 1. The molecule has 3 rings (SSSR count). The van der Waals surface area contributed by atoms with Gasteiger partial charge in [0, 0.05) is 30.0 Å². The number of anilines is 1. The summed E-state index contributed by atoms with van der Waals surface area (Å²) in [4.78, 5) is 24.3. The first-order valence-corrected chi connectivity index (χ1v) is 10.7. The lowest BCUT2D eigenvalue weighted by Gasteiger charge is -2.29. The van der Waals surface area contributed by atoms with Crippen molar-refractivity contribution >= 4 is 23.2 Å². The Labute approximate surface area is 191 Å². The van der Waals surface area contributed by atoms with Crippen LogP contribution in [0.25, 0.3) is 0 Å². The number of carbonyl (C=O) groups excluding carboxylic acids is 2. The van der Waals surface area contributed by atoms with Crippen LogP contribution >= 0.6 is 0 Å². The Morgan fingerprint density at radius 1 is 1.15 bits per heavy atom. The summed E-state index contributed by atoms with van der Waals surface area (Å²) in [6.45, 7) is 3.78. The molecule has 1 N–H and O–H groups in total. The van der Waals surface area contributed by atoms with Crippen molar-refractivity contribution in [3.8, 4) is 11.5 Å². The summed E-state index contributed by atoms with van der Waals surface area (Å²) < 4.78 is 39.8. The first-order valence-electron chi connectivity index (χ1n) is 10.7. The van der Waals surface area contributed by atoms with Gasteiger partial charge in [0.15, 0.2) is 17.4 Å². The van der Waals surface area contributed by atoms with Crippen LogP contribution in [0.5, 0.6) is 11.5 Å². The molecule has 0 bridgehead atoms. The number of benzene rings is 2. The fraction of sp³-hybridized carbons (Fsp3) is 0.375. The predicted octanol–water partition coefficient (Wildman–Crippen LogP) is 4.49. The van der Waals surface area contributed by atoms with Crippen LogP contribution in [0.2, 0.25) is 0 Å². The third-order valence-corrected chi connectivity index (χ3v) is 5.52. The van der Waals surface area contributed by atoms with Crippen molar-refractivity contribution in [2.24, 2.45) is 11.0 Å². The maximum absolute atomic E-state index is 15.2. The van der Waals surface area contributed by atoms with Gasteiger partial charge in [-0.15, -0.1) is 0 Å². The summed E-state index contributed by atoms with van der Waals surface area (Å²) in [5.41, 5.74) is 1.64. The summed E-state index contributed by atoms with van der Waals surface area (Å²) in [7, 11) is 2.46. The van der Waals surface area contributed by atoms with Gasteiger partial charge in [-0.25, -0.2) is 13.8 Å². The highest BCUT2D eigenvalue weighted by atomic mass is 19.1. The van der Waals surface area contributed by atoms with E-state index in [0.29, 0.717) is 18.5 Å². The van der Waals surface area contributed by atoms with E-state index in [-0.39, 0.29) is 53.5 Å². The number of amides is 2. The van der Waals surface area contributed by atoms with Crippen LogP contribution in [0.4, 0.5) is 14.5 Å². The molecule has 2 amide bonds. The van der Waals surface area contributed by atoms with E-state index >= 15 is 4.39 Å². The van der Waals surface area contributed by atoms with Crippen LogP contribution < -0.4 is 14.8 Å². The van der Waals surface area contributed by atoms with Gasteiger partial charge in [-0.1, -0.05) is 26.0 Å². The molecule has 0 saturated heterocycles. The van der Waals surface area contributed by atoms with Crippen LogP contribution in [0, 0.1) is 17.6 Å². The number of nitrogens with zero attached hydrogens (tertiary/aromatic N) is 2. The zero-order valence-corrected chi connectivity index (χ0v) is 19.1. The van der Waals surface area contributed by atoms with Crippen molar-refractivity contribution < 1.29 is 27.8 Å². The quantitative estimate of drug-likeness (QED) is 0.631. The molecule has 2 aromatic carbocycles. The Bertz CT molecular complexity index is 1070. The predicted molar refractivity (Wildman–Crippen MR) is 120 cm³/mol. The standard InChI is InChI=1S/C24H27F2N3O4/c1-5-15-11-20(31)29(13-14-7-9-16(10-8-14)27-19(30)6-2)28-22(15)17-12-18(25)23(32-3)24(33-4)21(17)26/h7-10,12,15H,5-6,11,13H2,1-4H3,(H,27,30). The maximum Gasteiger partial charge on any atom is 0.243 e. The third kappa shape index (κ3) is 5.13. The first kappa shape index (κ1) is 24.2. The molecule has 2 aromatic rings. The monoisotopic (exact) mass is 459 g/mol. The summed E-state index contributed by atoms with van der Waals surface area (Å²) in [6.07, 6.45) is 1.02. The van der Waals surface area contributed by atoms with Gasteiger partial charge >= 0.3 is 0 Å². The Balaban J connectivity index is 1.95. The van der Waals surface area contributed by atoms with E-state index in [2.05, 4.69) is 10.4 Å². The van der Waals surface area contributed by atoms with Crippen LogP contribution in [-0.2, 0) is 16.1 Å². The molecule has 0 saturated carbocycles. The summed E-state index contributed by atoms with van der Waals surface area (Å²) >= 11 is 0. The fourth-order valence-electron chi connectivity index (χ4n) is 3.68. The Morgan fingerprint density at radius 3 is 2.39 bits per heavy atom. The highest BCUT2D eigenvalue weighted by Crippen LogP contribution is 2.37. The van der Waals surface area contributed by atoms with Gasteiger partial charge in [0.05, 0.1) is 26.5 Å². The molecule has 0 aromatic heterocycles. The van der Waals surface area contributed by atoms with E-state index in [0.717, 1.165) is 11.6 Å². The van der Waals surface area contributed by atoms with Crippen molar-refractivity contribution in [1.82, 2.24) is 5.01 Å². The second-order valence-electron chi connectivity index (χ2n) is 7.63. The summed E-state index contributed by atoms with van der Waals surface area (Å²) in [5.74, 6) is -2.93. The highest BCUT2D eigenvalue weighted by molar-refractivity contribution is 6.06. The van der Waals surface area contributed by atoms with Gasteiger partial charge in [-0.05, 0) is 30.2 Å². The Hall–Kier alpha value is -3.49. The summed E-state index contributed by atoms with van der Waals surface area (Å²) in [5, 5.41) is 8.44. The van der Waals surface area contributed by atoms with Crippen molar-refractivity contribution in [2.75, 3.05) is 19.5 Å². The van der Waals surface area contributed by atoms with E-state index in [1.165, 1.54) is 19.2 Å². The molecule has 0 spiro atoms. The normalized spacial score (nSPS) is 15.8. The number of methoxy groups -OCH3 is 2. The second-order valence-corrected chi connectivity index (χ2v) is 7.63. The Morgan fingerprint density at radius 2 is 1.82 bits per heavy atom. The summed E-state index contributed by atoms with van der Waals surface area (Å²) in [6, 6.07) is 8.05. The lowest BCUT2D eigenvalue weighted by atomic mass is 9.89. The number of carbonyl (C=O) groups is 2. The fourth-order valence-corrected chi connectivity index (χ4v) is 3.68. The lowest BCUT2D eigenvalue weighted by molar-refractivity contribution is -0.133. The number of ether oxygens (including phenoxy) is 2. The minimum absolute atomic E-state index is 0.0628. The molecule has 0 radical (unpaired) electrons. The third-order valence-electron chi connectivity index (χ3n) is 5.52. The highest BCUT2D eigenvalue weighted by Gasteiger charge is 2.33. The molecular weight excluding hydrogens is 432 g/mol. The molecule has 33 heavy (non-hydrogen) atoms. The van der Waals surface area contributed by atoms with Gasteiger partial charge in [-0.2, -0.15) is 5.10 Å². The van der Waals surface area contributed by atoms with Gasteiger partial charge < -0.3 is 14.8 Å². The number of halogens is 2. The zero-order chi connectivity index (χ0) is 24.1. The molecule has 1 aliphatic heterocycles. The average Bonchev–Trinajstić information content (AvgIpc) is 2.82. The molecule has 1 aliphatic rings. The van der Waals surface area contributed by atoms with Crippen molar-refractivity contribution in [3.63, 3.8) is 0 Å². The number of rotatable bonds is 8. The lowest BCUT2D eigenvalue weighted by Crippen LogP contribution is -2.37. The van der Waals surface area contributed by atoms with Crippen LogP contribution in [0.1, 0.15) is 44.2 Å². The number of nitrogens with one attached hydrogen (secondary N) is 1. The zero-order valence-electron chi connectivity index (χ0n) is 19.1. The van der Waals surface area contributed by atoms with Gasteiger partial charge in [0.1, 0.15) is 0 Å². The Kier molecular flexibility index (Phi) is 7.63. The van der Waals surface area contributed by atoms with Crippen molar-refractivity contribution in [1.29, 1.82) is 0 Å². The molecule has 176 valence electrons. The van der Waals surface area contributed by atoms with Gasteiger partial charge in [0.25, 0.3) is 0 Å². The van der Waals surface area contributed by atoms with Crippen molar-refractivity contribution in [2.45, 2.75) is 39.7 Å². The first-order chi connectivity index (χ1) is 15.8. The van der Waals surface area contributed by atoms with E-state index in [1.54, 1.807) is 31.2 Å². The minimum atomic E-state index is -0.793. The van der Waals surface area contributed by atoms with Crippen LogP contribution in [0.15, 0.2) is 35.4 Å². The van der Waals surface area contributed by atoms with Crippen molar-refractivity contribution in [3.05, 3.63) is 53.1 Å². The topological polar surface area (TPSA) is 80.2 Å². The SMILES string of the molecule is CCC(=O)Nc1ccc(CN2N=C(c3cc(F)c(OC)c(OC)c3F)C(CC)CC2=O)cc1. The molecule has 0 fully saturated rings. The van der Waals surface area contributed by atoms with Crippen LogP contribution in [0.3, 0.4) is 0 Å². The molecule has 1 atom stereocenters. The molecule has 1 unspecified atom stereocenters. The van der Waals surface area contributed by atoms with E-state index in [9.17, 15) is 14.0 Å². The van der Waals surface area contributed by atoms with E-state index in [1.807, 2.05) is 6.92 Å². The number of hydrogen-bond acceptors (Lipinski definition) is 5. The molecule has 7 nitrogen and oxygen atoms in total. The molecule has 1 heterocycles. The number of hydrogen-bond donors (Lipinski definition) is 1. The smallest absolute Gasteiger partial charge is 0.243 e. The molecule has 9 heteroatoms.